The highest BCUT2D eigenvalue weighted by atomic mass is 14.9. The van der Waals surface area contributed by atoms with Gasteiger partial charge in [0.2, 0.25) is 0 Å². The molecular formula is C14H22N2. The summed E-state index contributed by atoms with van der Waals surface area (Å²) in [6, 6.07) is 11.0. The van der Waals surface area contributed by atoms with Gasteiger partial charge in [-0.25, -0.2) is 0 Å². The van der Waals surface area contributed by atoms with Gasteiger partial charge in [-0.3, -0.25) is 0 Å². The molecule has 1 saturated carbocycles. The minimum Gasteiger partial charge on any atom is -0.327 e. The van der Waals surface area contributed by atoms with Crippen LogP contribution in [0.2, 0.25) is 0 Å². The molecule has 0 amide bonds. The van der Waals surface area contributed by atoms with Gasteiger partial charge in [-0.1, -0.05) is 43.2 Å². The van der Waals surface area contributed by atoms with Crippen LogP contribution in [0.3, 0.4) is 0 Å². The summed E-state index contributed by atoms with van der Waals surface area (Å²) < 4.78 is 0. The van der Waals surface area contributed by atoms with Crippen molar-refractivity contribution < 1.29 is 0 Å². The maximum atomic E-state index is 6.12. The molecule has 2 heteroatoms. The van der Waals surface area contributed by atoms with Crippen LogP contribution in [0, 0.1) is 5.92 Å². The fourth-order valence-electron chi connectivity index (χ4n) is 2.49. The molecule has 2 nitrogen and oxygen atoms in total. The Morgan fingerprint density at radius 2 is 1.88 bits per heavy atom. The van der Waals surface area contributed by atoms with Crippen molar-refractivity contribution in [2.45, 2.75) is 38.3 Å². The lowest BCUT2D eigenvalue weighted by atomic mass is 9.85. The normalized spacial score (nSPS) is 25.6. The number of rotatable bonds is 4. The highest BCUT2D eigenvalue weighted by molar-refractivity contribution is 5.14. The van der Waals surface area contributed by atoms with Crippen LogP contribution < -0.4 is 11.1 Å². The van der Waals surface area contributed by atoms with E-state index in [1.807, 2.05) is 0 Å². The first-order chi connectivity index (χ1) is 7.86. The summed E-state index contributed by atoms with van der Waals surface area (Å²) in [4.78, 5) is 0. The molecule has 88 valence electrons. The van der Waals surface area contributed by atoms with Gasteiger partial charge in [0.05, 0.1) is 0 Å². The van der Waals surface area contributed by atoms with Gasteiger partial charge in [0.1, 0.15) is 0 Å². The van der Waals surface area contributed by atoms with Crippen molar-refractivity contribution in [2.75, 3.05) is 6.54 Å². The van der Waals surface area contributed by atoms with Gasteiger partial charge in [0.25, 0.3) is 0 Å². The van der Waals surface area contributed by atoms with Crippen LogP contribution in [0.4, 0.5) is 0 Å². The highest BCUT2D eigenvalue weighted by Crippen LogP contribution is 2.22. The maximum absolute atomic E-state index is 6.12. The second-order valence-electron chi connectivity index (χ2n) is 4.82. The van der Waals surface area contributed by atoms with E-state index in [2.05, 4.69) is 35.6 Å². The minimum absolute atomic E-state index is 0.414. The molecule has 0 heterocycles. The Morgan fingerprint density at radius 3 is 2.62 bits per heavy atom. The molecule has 0 saturated heterocycles. The van der Waals surface area contributed by atoms with Crippen molar-refractivity contribution in [3.8, 4) is 0 Å². The summed E-state index contributed by atoms with van der Waals surface area (Å²) in [6.07, 6.45) is 5.17. The third kappa shape index (κ3) is 3.32. The number of hydrogen-bond donors (Lipinski definition) is 2. The molecular weight excluding hydrogens is 196 g/mol. The molecule has 0 radical (unpaired) electrons. The molecule has 0 bridgehead atoms. The Hall–Kier alpha value is -0.860. The Bertz CT molecular complexity index is 297. The van der Waals surface area contributed by atoms with E-state index in [0.717, 1.165) is 13.1 Å². The topological polar surface area (TPSA) is 38.0 Å². The lowest BCUT2D eigenvalue weighted by Crippen LogP contribution is -2.39. The van der Waals surface area contributed by atoms with Crippen LogP contribution in [0.1, 0.15) is 31.2 Å². The van der Waals surface area contributed by atoms with Gasteiger partial charge >= 0.3 is 0 Å². The molecule has 1 aliphatic rings. The predicted molar refractivity (Wildman–Crippen MR) is 68.1 cm³/mol. The molecule has 2 atom stereocenters. The fraction of sp³-hybridized carbons (Fsp3) is 0.571. The van der Waals surface area contributed by atoms with Crippen molar-refractivity contribution in [1.82, 2.24) is 5.32 Å². The number of nitrogens with one attached hydrogen (secondary N) is 1. The Kier molecular flexibility index (Phi) is 4.37. The second kappa shape index (κ2) is 6.02. The summed E-state index contributed by atoms with van der Waals surface area (Å²) in [5.74, 6) is 0.678. The second-order valence-corrected chi connectivity index (χ2v) is 4.82. The van der Waals surface area contributed by atoms with E-state index < -0.39 is 0 Å². The van der Waals surface area contributed by atoms with Gasteiger partial charge in [-0.05, 0) is 30.9 Å². The Labute approximate surface area is 98.2 Å². The molecule has 1 fully saturated rings. The fourth-order valence-corrected chi connectivity index (χ4v) is 2.49. The first kappa shape index (κ1) is 11.6. The zero-order valence-electron chi connectivity index (χ0n) is 9.86. The lowest BCUT2D eigenvalue weighted by Gasteiger charge is -2.28. The standard InChI is InChI=1S/C14H22N2/c15-14-9-5-4-8-13(14)11-16-10-12-6-2-1-3-7-12/h1-3,6-7,13-14,16H,4-5,8-11,15H2. The maximum Gasteiger partial charge on any atom is 0.0205 e. The van der Waals surface area contributed by atoms with Gasteiger partial charge in [0.15, 0.2) is 0 Å². The highest BCUT2D eigenvalue weighted by Gasteiger charge is 2.20. The molecule has 2 rings (SSSR count). The molecule has 1 aliphatic carbocycles. The smallest absolute Gasteiger partial charge is 0.0205 e. The largest absolute Gasteiger partial charge is 0.327 e. The van der Waals surface area contributed by atoms with Crippen molar-refractivity contribution in [1.29, 1.82) is 0 Å². The van der Waals surface area contributed by atoms with E-state index in [1.165, 1.54) is 31.2 Å². The first-order valence-corrected chi connectivity index (χ1v) is 6.36. The number of benzene rings is 1. The van der Waals surface area contributed by atoms with Crippen LogP contribution in [0.5, 0.6) is 0 Å². The third-order valence-corrected chi connectivity index (χ3v) is 3.55. The minimum atomic E-state index is 0.414. The zero-order valence-corrected chi connectivity index (χ0v) is 9.86. The van der Waals surface area contributed by atoms with Crippen LogP contribution in [0.25, 0.3) is 0 Å². The van der Waals surface area contributed by atoms with E-state index in [-0.39, 0.29) is 0 Å². The Balaban J connectivity index is 1.71. The van der Waals surface area contributed by atoms with E-state index in [9.17, 15) is 0 Å². The Morgan fingerprint density at radius 1 is 1.12 bits per heavy atom. The molecule has 16 heavy (non-hydrogen) atoms. The molecule has 1 aromatic rings. The zero-order chi connectivity index (χ0) is 11.2. The molecule has 3 N–H and O–H groups in total. The van der Waals surface area contributed by atoms with E-state index in [0.29, 0.717) is 12.0 Å². The first-order valence-electron chi connectivity index (χ1n) is 6.36. The summed E-state index contributed by atoms with van der Waals surface area (Å²) in [5.41, 5.74) is 7.47. The summed E-state index contributed by atoms with van der Waals surface area (Å²) in [6.45, 7) is 2.03. The van der Waals surface area contributed by atoms with Crippen molar-refractivity contribution in [2.24, 2.45) is 11.7 Å². The van der Waals surface area contributed by atoms with E-state index in [1.54, 1.807) is 0 Å². The van der Waals surface area contributed by atoms with Crippen LogP contribution in [-0.4, -0.2) is 12.6 Å². The molecule has 0 spiro atoms. The van der Waals surface area contributed by atoms with Gasteiger partial charge in [-0.15, -0.1) is 0 Å². The molecule has 0 aliphatic heterocycles. The summed E-state index contributed by atoms with van der Waals surface area (Å²) in [5, 5.41) is 3.52. The SMILES string of the molecule is NC1CCCCC1CNCc1ccccc1. The van der Waals surface area contributed by atoms with Gasteiger partial charge in [0, 0.05) is 12.6 Å². The number of hydrogen-bond acceptors (Lipinski definition) is 2. The van der Waals surface area contributed by atoms with Gasteiger partial charge < -0.3 is 11.1 Å². The predicted octanol–water partition coefficient (Wildman–Crippen LogP) is 2.29. The van der Waals surface area contributed by atoms with Crippen molar-refractivity contribution in [3.63, 3.8) is 0 Å². The quantitative estimate of drug-likeness (QED) is 0.813. The molecule has 1 aromatic carbocycles. The third-order valence-electron chi connectivity index (χ3n) is 3.55. The summed E-state index contributed by atoms with van der Waals surface area (Å²) in [7, 11) is 0. The van der Waals surface area contributed by atoms with Crippen molar-refractivity contribution >= 4 is 0 Å². The lowest BCUT2D eigenvalue weighted by molar-refractivity contribution is 0.296. The van der Waals surface area contributed by atoms with E-state index >= 15 is 0 Å². The average molecular weight is 218 g/mol. The summed E-state index contributed by atoms with van der Waals surface area (Å²) >= 11 is 0. The molecule has 2 unspecified atom stereocenters. The van der Waals surface area contributed by atoms with Gasteiger partial charge in [-0.2, -0.15) is 0 Å². The monoisotopic (exact) mass is 218 g/mol. The van der Waals surface area contributed by atoms with Crippen molar-refractivity contribution in [3.05, 3.63) is 35.9 Å². The van der Waals surface area contributed by atoms with E-state index in [4.69, 9.17) is 5.73 Å². The number of nitrogens with two attached hydrogens (primary N) is 1. The van der Waals surface area contributed by atoms with Crippen LogP contribution >= 0.6 is 0 Å². The average Bonchev–Trinajstić information content (AvgIpc) is 2.33. The van der Waals surface area contributed by atoms with Crippen LogP contribution in [0.15, 0.2) is 30.3 Å². The van der Waals surface area contributed by atoms with Crippen LogP contribution in [-0.2, 0) is 6.54 Å². The molecule has 0 aromatic heterocycles.